The summed E-state index contributed by atoms with van der Waals surface area (Å²) in [6.07, 6.45) is 3.54. The molecular weight excluding hydrogens is 410 g/mol. The number of likely N-dealkylation sites (tertiary alicyclic amines) is 1. The first-order chi connectivity index (χ1) is 15.4. The van der Waals surface area contributed by atoms with Crippen LogP contribution in [0.1, 0.15) is 39.5 Å². The first-order valence-electron chi connectivity index (χ1n) is 12.7. The Morgan fingerprint density at radius 3 is 2.62 bits per heavy atom. The minimum absolute atomic E-state index is 0.0241. The summed E-state index contributed by atoms with van der Waals surface area (Å²) in [7, 11) is 5.55. The molecule has 0 amide bonds. The minimum atomic E-state index is -0.616. The molecule has 7 aliphatic rings. The molecule has 2 heterocycles. The first-order valence-corrected chi connectivity index (χ1v) is 12.7. The summed E-state index contributed by atoms with van der Waals surface area (Å²) >= 11 is 0. The van der Waals surface area contributed by atoms with Gasteiger partial charge in [0.05, 0.1) is 30.5 Å². The molecule has 0 aromatic carbocycles. The van der Waals surface area contributed by atoms with E-state index in [9.17, 15) is 5.11 Å². The van der Waals surface area contributed by atoms with Crippen LogP contribution in [0.4, 0.5) is 0 Å². The maximum Gasteiger partial charge on any atom is 0.148 e. The Kier molecular flexibility index (Phi) is 4.13. The fourth-order valence-corrected chi connectivity index (χ4v) is 11.4. The van der Waals surface area contributed by atoms with Crippen LogP contribution in [-0.4, -0.2) is 92.9 Å². The smallest absolute Gasteiger partial charge is 0.148 e. The van der Waals surface area contributed by atoms with Gasteiger partial charge < -0.3 is 28.8 Å². The molecule has 7 rings (SSSR count). The number of nitrogens with zero attached hydrogens (tertiary/aromatic N) is 1. The van der Waals surface area contributed by atoms with Crippen molar-refractivity contribution in [2.24, 2.45) is 34.5 Å². The van der Waals surface area contributed by atoms with E-state index in [1.54, 1.807) is 7.11 Å². The second-order valence-electron chi connectivity index (χ2n) is 12.1. The molecule has 0 radical (unpaired) electrons. The lowest BCUT2D eigenvalue weighted by molar-refractivity contribution is -0.281. The standard InChI is InChI=1S/C25H39NO6/c1-6-26-11-22(2)8-7-16(29-4)24-14-9-13-15(28-3)10-23(17(14)18(13)27)25(21(24)26,32-12-31-23)20(30-5)19(22)24/h13-21,27H,6-12H2,1-5H3/t13-,14-,15-,16-,17-,18-,19-,20+,21+,22+,23-,24+,25-/m1/s1. The molecule has 7 fully saturated rings. The fourth-order valence-electron chi connectivity index (χ4n) is 11.4. The SMILES string of the molecule is CCN1C[C@]2(C)CC[C@@H](OC)[C@@]34[C@@H]5C[C@H]6[C@@H](O)[C@@H]5[C@@]5(C[C@H]6OC)OCO[C@]5([C@@H](OC)[C@H]23)[C@@H]14. The summed E-state index contributed by atoms with van der Waals surface area (Å²) < 4.78 is 32.6. The van der Waals surface area contributed by atoms with Gasteiger partial charge in [0.2, 0.25) is 0 Å². The summed E-state index contributed by atoms with van der Waals surface area (Å²) in [6, 6.07) is 0.165. The molecule has 5 aliphatic carbocycles. The van der Waals surface area contributed by atoms with Crippen LogP contribution in [0.15, 0.2) is 0 Å². The monoisotopic (exact) mass is 449 g/mol. The van der Waals surface area contributed by atoms with Gasteiger partial charge in [-0.1, -0.05) is 13.8 Å². The van der Waals surface area contributed by atoms with E-state index < -0.39 is 17.3 Å². The van der Waals surface area contributed by atoms with Gasteiger partial charge in [-0.15, -0.1) is 0 Å². The molecule has 180 valence electrons. The van der Waals surface area contributed by atoms with E-state index in [1.165, 1.54) is 0 Å². The van der Waals surface area contributed by atoms with Gasteiger partial charge in [-0.25, -0.2) is 0 Å². The topological polar surface area (TPSA) is 69.6 Å². The van der Waals surface area contributed by atoms with Crippen molar-refractivity contribution in [1.82, 2.24) is 4.90 Å². The third-order valence-electron chi connectivity index (χ3n) is 11.8. The Morgan fingerprint density at radius 1 is 1.12 bits per heavy atom. The van der Waals surface area contributed by atoms with E-state index in [0.29, 0.717) is 11.8 Å². The summed E-state index contributed by atoms with van der Waals surface area (Å²) in [5.74, 6) is 0.828. The van der Waals surface area contributed by atoms with Crippen molar-refractivity contribution in [3.63, 3.8) is 0 Å². The molecule has 13 atom stereocenters. The van der Waals surface area contributed by atoms with Crippen LogP contribution < -0.4 is 0 Å². The third-order valence-corrected chi connectivity index (χ3v) is 11.8. The van der Waals surface area contributed by atoms with Crippen molar-refractivity contribution in [1.29, 1.82) is 0 Å². The highest BCUT2D eigenvalue weighted by molar-refractivity contribution is 5.42. The highest BCUT2D eigenvalue weighted by Gasteiger charge is 2.93. The van der Waals surface area contributed by atoms with E-state index in [-0.39, 0.29) is 53.8 Å². The Labute approximate surface area is 191 Å². The maximum absolute atomic E-state index is 11.8. The van der Waals surface area contributed by atoms with Crippen LogP contribution >= 0.6 is 0 Å². The predicted molar refractivity (Wildman–Crippen MR) is 115 cm³/mol. The van der Waals surface area contributed by atoms with Crippen molar-refractivity contribution in [3.8, 4) is 0 Å². The van der Waals surface area contributed by atoms with Gasteiger partial charge in [0.1, 0.15) is 18.0 Å². The number of aliphatic hydroxyl groups is 1. The molecule has 3 spiro atoms. The number of aliphatic hydroxyl groups excluding tert-OH is 1. The van der Waals surface area contributed by atoms with Crippen LogP contribution in [-0.2, 0) is 23.7 Å². The summed E-state index contributed by atoms with van der Waals surface area (Å²) in [5, 5.41) is 11.8. The van der Waals surface area contributed by atoms with E-state index >= 15 is 0 Å². The average Bonchev–Trinajstić information content (AvgIpc) is 3.33. The summed E-state index contributed by atoms with van der Waals surface area (Å²) in [5.41, 5.74) is -1.19. The number of rotatable bonds is 4. The largest absolute Gasteiger partial charge is 0.392 e. The van der Waals surface area contributed by atoms with Gasteiger partial charge in [0.25, 0.3) is 0 Å². The molecule has 7 bridgehead atoms. The number of hydrogen-bond donors (Lipinski definition) is 1. The molecule has 0 unspecified atom stereocenters. The number of fused-ring (bicyclic) bond motifs is 1. The van der Waals surface area contributed by atoms with Gasteiger partial charge >= 0.3 is 0 Å². The molecule has 0 aromatic heterocycles. The number of piperidine rings is 1. The van der Waals surface area contributed by atoms with Gasteiger partial charge in [-0.05, 0) is 37.1 Å². The van der Waals surface area contributed by atoms with Gasteiger partial charge in [-0.3, -0.25) is 4.90 Å². The minimum Gasteiger partial charge on any atom is -0.392 e. The molecule has 5 saturated carbocycles. The van der Waals surface area contributed by atoms with Crippen LogP contribution in [0.2, 0.25) is 0 Å². The molecule has 2 saturated heterocycles. The van der Waals surface area contributed by atoms with Crippen LogP contribution in [0, 0.1) is 34.5 Å². The van der Waals surface area contributed by atoms with Crippen LogP contribution in [0.5, 0.6) is 0 Å². The summed E-state index contributed by atoms with van der Waals surface area (Å²) in [6.45, 7) is 7.06. The lowest BCUT2D eigenvalue weighted by Gasteiger charge is -2.69. The molecule has 32 heavy (non-hydrogen) atoms. The zero-order valence-electron chi connectivity index (χ0n) is 20.1. The Morgan fingerprint density at radius 2 is 1.94 bits per heavy atom. The Balaban J connectivity index is 1.58. The second kappa shape index (κ2) is 6.28. The zero-order valence-corrected chi connectivity index (χ0v) is 20.1. The number of hydrogen-bond acceptors (Lipinski definition) is 7. The third kappa shape index (κ3) is 1.80. The average molecular weight is 450 g/mol. The fraction of sp³-hybridized carbons (Fsp3) is 1.00. The highest BCUT2D eigenvalue weighted by Crippen LogP contribution is 2.82. The lowest BCUT2D eigenvalue weighted by atomic mass is 9.43. The second-order valence-corrected chi connectivity index (χ2v) is 12.1. The van der Waals surface area contributed by atoms with Crippen LogP contribution in [0.3, 0.4) is 0 Å². The molecule has 7 heteroatoms. The van der Waals surface area contributed by atoms with Gasteiger partial charge in [0, 0.05) is 57.5 Å². The Bertz CT molecular complexity index is 826. The number of ether oxygens (including phenoxy) is 5. The maximum atomic E-state index is 11.8. The van der Waals surface area contributed by atoms with Crippen molar-refractivity contribution in [2.45, 2.75) is 81.2 Å². The van der Waals surface area contributed by atoms with Crippen molar-refractivity contribution >= 4 is 0 Å². The van der Waals surface area contributed by atoms with Crippen molar-refractivity contribution < 1.29 is 28.8 Å². The summed E-state index contributed by atoms with van der Waals surface area (Å²) in [4.78, 5) is 2.69. The predicted octanol–water partition coefficient (Wildman–Crippen LogP) is 1.66. The highest BCUT2D eigenvalue weighted by atomic mass is 16.7. The van der Waals surface area contributed by atoms with E-state index in [4.69, 9.17) is 23.7 Å². The Hall–Kier alpha value is -0.280. The van der Waals surface area contributed by atoms with E-state index in [2.05, 4.69) is 18.7 Å². The number of likely N-dealkylation sites (N-methyl/N-ethyl adjacent to an activating group) is 1. The lowest BCUT2D eigenvalue weighted by Crippen LogP contribution is -2.80. The van der Waals surface area contributed by atoms with Crippen LogP contribution in [0.25, 0.3) is 0 Å². The normalized spacial score (nSPS) is 64.1. The molecule has 2 aliphatic heterocycles. The van der Waals surface area contributed by atoms with Crippen molar-refractivity contribution in [2.75, 3.05) is 41.2 Å². The molecule has 7 nitrogen and oxygen atoms in total. The van der Waals surface area contributed by atoms with Gasteiger partial charge in [-0.2, -0.15) is 0 Å². The quantitative estimate of drug-likeness (QED) is 0.700. The molecular formula is C25H39NO6. The molecule has 0 aromatic rings. The number of methoxy groups -OCH3 is 3. The van der Waals surface area contributed by atoms with E-state index in [1.807, 2.05) is 14.2 Å². The van der Waals surface area contributed by atoms with Crippen molar-refractivity contribution in [3.05, 3.63) is 0 Å². The molecule has 1 N–H and O–H groups in total. The van der Waals surface area contributed by atoms with Gasteiger partial charge in [0.15, 0.2) is 0 Å². The first kappa shape index (κ1) is 21.0. The zero-order chi connectivity index (χ0) is 22.3. The van der Waals surface area contributed by atoms with E-state index in [0.717, 1.165) is 38.8 Å².